The molecule has 1 amide bonds. The second-order valence-electron chi connectivity index (χ2n) is 4.12. The largest absolute Gasteiger partial charge is 0.478 e. The second-order valence-corrected chi connectivity index (χ2v) is 4.12. The first kappa shape index (κ1) is 14.4. The Balaban J connectivity index is 2.41. The number of carbonyl (C=O) groups excluding carboxylic acids is 1. The summed E-state index contributed by atoms with van der Waals surface area (Å²) in [6.45, 7) is 0. The molecule has 0 aromatic heterocycles. The van der Waals surface area contributed by atoms with Crippen LogP contribution in [0.25, 0.3) is 0 Å². The molecule has 0 saturated carbocycles. The molecule has 5 nitrogen and oxygen atoms in total. The molecule has 0 fully saturated rings. The number of nitrogen functional groups attached to an aromatic ring is 1. The summed E-state index contributed by atoms with van der Waals surface area (Å²) in [7, 11) is 0. The van der Waals surface area contributed by atoms with Crippen LogP contribution in [-0.4, -0.2) is 17.0 Å². The molecule has 0 atom stereocenters. The maximum Gasteiger partial charge on any atom is 0.337 e. The van der Waals surface area contributed by atoms with Crippen molar-refractivity contribution < 1.29 is 23.5 Å². The maximum atomic E-state index is 13.7. The van der Waals surface area contributed by atoms with Gasteiger partial charge in [-0.1, -0.05) is 12.1 Å². The summed E-state index contributed by atoms with van der Waals surface area (Å²) < 4.78 is 27.0. The third kappa shape index (κ3) is 2.81. The fraction of sp³-hybridized carbons (Fsp3) is 0. The summed E-state index contributed by atoms with van der Waals surface area (Å²) in [5.74, 6) is -4.02. The Bertz CT molecular complexity index is 732. The van der Waals surface area contributed by atoms with Gasteiger partial charge in [-0.25, -0.2) is 13.6 Å². The molecule has 2 aromatic carbocycles. The van der Waals surface area contributed by atoms with Crippen LogP contribution in [0.5, 0.6) is 0 Å². The highest BCUT2D eigenvalue weighted by Gasteiger charge is 2.19. The topological polar surface area (TPSA) is 92.4 Å². The second kappa shape index (κ2) is 5.58. The van der Waals surface area contributed by atoms with E-state index >= 15 is 0 Å². The molecule has 7 heteroatoms. The minimum absolute atomic E-state index is 0.213. The lowest BCUT2D eigenvalue weighted by atomic mass is 10.1. The van der Waals surface area contributed by atoms with Crippen molar-refractivity contribution in [3.63, 3.8) is 0 Å². The number of para-hydroxylation sites is 2. The third-order valence-electron chi connectivity index (χ3n) is 2.78. The van der Waals surface area contributed by atoms with E-state index in [-0.39, 0.29) is 5.56 Å². The predicted octanol–water partition coefficient (Wildman–Crippen LogP) is 2.50. The average Bonchev–Trinajstić information content (AvgIpc) is 2.43. The Kier molecular flexibility index (Phi) is 3.84. The van der Waals surface area contributed by atoms with E-state index < -0.39 is 40.4 Å². The van der Waals surface area contributed by atoms with Gasteiger partial charge in [-0.3, -0.25) is 4.79 Å². The van der Waals surface area contributed by atoms with Crippen molar-refractivity contribution in [1.29, 1.82) is 0 Å². The zero-order chi connectivity index (χ0) is 15.6. The van der Waals surface area contributed by atoms with Gasteiger partial charge in [0.1, 0.15) is 11.6 Å². The number of rotatable bonds is 3. The number of hydrogen-bond donors (Lipinski definition) is 3. The molecule has 0 unspecified atom stereocenters. The van der Waals surface area contributed by atoms with E-state index in [4.69, 9.17) is 10.8 Å². The van der Waals surface area contributed by atoms with Gasteiger partial charge >= 0.3 is 5.97 Å². The lowest BCUT2D eigenvalue weighted by Crippen LogP contribution is -2.18. The summed E-state index contributed by atoms with van der Waals surface area (Å²) in [4.78, 5) is 23.0. The van der Waals surface area contributed by atoms with Crippen LogP contribution in [0.3, 0.4) is 0 Å². The van der Waals surface area contributed by atoms with E-state index in [0.717, 1.165) is 18.2 Å². The van der Waals surface area contributed by atoms with E-state index in [1.54, 1.807) is 0 Å². The Hall–Kier alpha value is -2.96. The molecular formula is C14H10F2N2O3. The van der Waals surface area contributed by atoms with Crippen molar-refractivity contribution >= 4 is 23.3 Å². The summed E-state index contributed by atoms with van der Waals surface area (Å²) >= 11 is 0. The number of carboxylic acid groups (broad SMARTS) is 1. The van der Waals surface area contributed by atoms with Crippen LogP contribution in [0.1, 0.15) is 20.7 Å². The Morgan fingerprint density at radius 3 is 2.19 bits per heavy atom. The van der Waals surface area contributed by atoms with Crippen molar-refractivity contribution in [2.75, 3.05) is 11.1 Å². The number of aromatic carboxylic acids is 1. The lowest BCUT2D eigenvalue weighted by Gasteiger charge is -2.11. The Morgan fingerprint density at radius 2 is 1.57 bits per heavy atom. The number of nitrogens with one attached hydrogen (secondary N) is 1. The number of halogens is 2. The van der Waals surface area contributed by atoms with Gasteiger partial charge in [0.2, 0.25) is 0 Å². The molecule has 0 aliphatic carbocycles. The first-order valence-corrected chi connectivity index (χ1v) is 5.79. The number of carboxylic acids is 1. The van der Waals surface area contributed by atoms with Gasteiger partial charge in [-0.15, -0.1) is 0 Å². The number of amides is 1. The highest BCUT2D eigenvalue weighted by Crippen LogP contribution is 2.23. The van der Waals surface area contributed by atoms with Crippen molar-refractivity contribution in [2.45, 2.75) is 0 Å². The van der Waals surface area contributed by atoms with Crippen LogP contribution in [0.4, 0.5) is 20.2 Å². The van der Waals surface area contributed by atoms with Crippen LogP contribution >= 0.6 is 0 Å². The monoisotopic (exact) mass is 292 g/mol. The summed E-state index contributed by atoms with van der Waals surface area (Å²) in [5, 5.41) is 11.1. The minimum Gasteiger partial charge on any atom is -0.478 e. The smallest absolute Gasteiger partial charge is 0.337 e. The van der Waals surface area contributed by atoms with Gasteiger partial charge in [0.15, 0.2) is 0 Å². The van der Waals surface area contributed by atoms with Crippen LogP contribution < -0.4 is 11.1 Å². The van der Waals surface area contributed by atoms with E-state index in [1.165, 1.54) is 18.2 Å². The summed E-state index contributed by atoms with van der Waals surface area (Å²) in [6, 6.07) is 6.91. The first-order chi connectivity index (χ1) is 9.91. The van der Waals surface area contributed by atoms with E-state index in [9.17, 15) is 18.4 Å². The molecule has 0 bridgehead atoms. The first-order valence-electron chi connectivity index (χ1n) is 5.79. The minimum atomic E-state index is -1.41. The normalized spacial score (nSPS) is 10.2. The molecule has 0 aliphatic heterocycles. The molecule has 21 heavy (non-hydrogen) atoms. The molecular weight excluding hydrogens is 282 g/mol. The SMILES string of the molecule is Nc1c(F)cccc1C(=O)Nc1c(F)cccc1C(=O)O. The molecule has 0 aliphatic rings. The number of hydrogen-bond acceptors (Lipinski definition) is 3. The van der Waals surface area contributed by atoms with E-state index in [1.807, 2.05) is 0 Å². The molecule has 2 rings (SSSR count). The van der Waals surface area contributed by atoms with Gasteiger partial charge in [0.25, 0.3) is 5.91 Å². The quantitative estimate of drug-likeness (QED) is 0.758. The summed E-state index contributed by atoms with van der Waals surface area (Å²) in [6.07, 6.45) is 0. The number of nitrogens with two attached hydrogens (primary N) is 1. The summed E-state index contributed by atoms with van der Waals surface area (Å²) in [5.41, 5.74) is 3.89. The zero-order valence-corrected chi connectivity index (χ0v) is 10.6. The highest BCUT2D eigenvalue weighted by molar-refractivity contribution is 6.10. The average molecular weight is 292 g/mol. The fourth-order valence-electron chi connectivity index (χ4n) is 1.75. The Labute approximate surface area is 118 Å². The number of benzene rings is 2. The van der Waals surface area contributed by atoms with Crippen LogP contribution in [0, 0.1) is 11.6 Å². The third-order valence-corrected chi connectivity index (χ3v) is 2.78. The molecule has 2 aromatic rings. The number of anilines is 2. The molecule has 4 N–H and O–H groups in total. The molecule has 108 valence electrons. The van der Waals surface area contributed by atoms with Crippen molar-refractivity contribution in [1.82, 2.24) is 0 Å². The Morgan fingerprint density at radius 1 is 1.00 bits per heavy atom. The van der Waals surface area contributed by atoms with E-state index in [0.29, 0.717) is 0 Å². The van der Waals surface area contributed by atoms with Crippen LogP contribution in [-0.2, 0) is 0 Å². The number of carbonyl (C=O) groups is 2. The van der Waals surface area contributed by atoms with Gasteiger partial charge in [0.05, 0.1) is 22.5 Å². The van der Waals surface area contributed by atoms with Crippen molar-refractivity contribution in [2.24, 2.45) is 0 Å². The van der Waals surface area contributed by atoms with Crippen LogP contribution in [0.15, 0.2) is 36.4 Å². The molecule has 0 heterocycles. The van der Waals surface area contributed by atoms with Crippen molar-refractivity contribution in [3.8, 4) is 0 Å². The molecule has 0 saturated heterocycles. The van der Waals surface area contributed by atoms with Gasteiger partial charge in [-0.05, 0) is 24.3 Å². The van der Waals surface area contributed by atoms with E-state index in [2.05, 4.69) is 5.32 Å². The highest BCUT2D eigenvalue weighted by atomic mass is 19.1. The lowest BCUT2D eigenvalue weighted by molar-refractivity contribution is 0.0697. The molecule has 0 spiro atoms. The standard InChI is InChI=1S/C14H10F2N2O3/c15-9-5-1-3-7(11(9)17)13(19)18-12-8(14(20)21)4-2-6-10(12)16/h1-6H,17H2,(H,18,19)(H,20,21). The maximum absolute atomic E-state index is 13.7. The van der Waals surface area contributed by atoms with Crippen LogP contribution in [0.2, 0.25) is 0 Å². The van der Waals surface area contributed by atoms with Gasteiger partial charge in [0, 0.05) is 0 Å². The molecule has 0 radical (unpaired) electrons. The fourth-order valence-corrected chi connectivity index (χ4v) is 1.75. The van der Waals surface area contributed by atoms with Crippen molar-refractivity contribution in [3.05, 3.63) is 59.2 Å². The predicted molar refractivity (Wildman–Crippen MR) is 72.1 cm³/mol. The zero-order valence-electron chi connectivity index (χ0n) is 10.6. The van der Waals surface area contributed by atoms with Gasteiger partial charge < -0.3 is 16.2 Å². The van der Waals surface area contributed by atoms with Gasteiger partial charge in [-0.2, -0.15) is 0 Å².